The largest absolute Gasteiger partial charge is 0.453 e. The van der Waals surface area contributed by atoms with Crippen molar-refractivity contribution in [3.8, 4) is 11.5 Å². The van der Waals surface area contributed by atoms with Crippen molar-refractivity contribution in [1.82, 2.24) is 9.97 Å². The summed E-state index contributed by atoms with van der Waals surface area (Å²) in [4.78, 5) is 8.27. The van der Waals surface area contributed by atoms with E-state index in [1.165, 1.54) is 6.33 Å². The molecule has 0 N–H and O–H groups in total. The number of furan rings is 1. The van der Waals surface area contributed by atoms with E-state index >= 15 is 0 Å². The normalized spacial score (nSPS) is 11.1. The highest BCUT2D eigenvalue weighted by molar-refractivity contribution is 6.34. The van der Waals surface area contributed by atoms with Crippen molar-refractivity contribution >= 4 is 34.2 Å². The van der Waals surface area contributed by atoms with Crippen LogP contribution in [0.4, 0.5) is 0 Å². The smallest absolute Gasteiger partial charge is 0.154 e. The average molecular weight is 293 g/mol. The van der Waals surface area contributed by atoms with Crippen molar-refractivity contribution in [3.63, 3.8) is 0 Å². The van der Waals surface area contributed by atoms with Gasteiger partial charge in [-0.25, -0.2) is 9.97 Å². The van der Waals surface area contributed by atoms with Gasteiger partial charge in [0.15, 0.2) is 11.3 Å². The van der Waals surface area contributed by atoms with Gasteiger partial charge in [0, 0.05) is 10.9 Å². The van der Waals surface area contributed by atoms with Gasteiger partial charge in [-0.3, -0.25) is 0 Å². The van der Waals surface area contributed by atoms with Gasteiger partial charge in [-0.2, -0.15) is 0 Å². The van der Waals surface area contributed by atoms with E-state index in [2.05, 4.69) is 9.97 Å². The third-order valence-corrected chi connectivity index (χ3v) is 3.60. The monoisotopic (exact) mass is 292 g/mol. The zero-order chi connectivity index (χ0) is 13.4. The first-order valence-corrected chi connectivity index (χ1v) is 6.64. The standard InChI is InChI=1S/C14H10Cl2N2O/c1-2-9-12(17-7-18-14(9)16)11-6-8-4-3-5-10(15)13(8)19-11/h3-7H,2H2,1H3. The second-order valence-corrected chi connectivity index (χ2v) is 4.88. The Morgan fingerprint density at radius 2 is 2.05 bits per heavy atom. The molecule has 0 saturated heterocycles. The third-order valence-electron chi connectivity index (χ3n) is 2.98. The summed E-state index contributed by atoms with van der Waals surface area (Å²) in [7, 11) is 0. The maximum absolute atomic E-state index is 6.11. The molecule has 0 aliphatic heterocycles. The maximum Gasteiger partial charge on any atom is 0.154 e. The summed E-state index contributed by atoms with van der Waals surface area (Å²) in [6.07, 6.45) is 2.17. The number of rotatable bonds is 2. The van der Waals surface area contributed by atoms with Crippen molar-refractivity contribution in [1.29, 1.82) is 0 Å². The van der Waals surface area contributed by atoms with Crippen molar-refractivity contribution in [2.75, 3.05) is 0 Å². The van der Waals surface area contributed by atoms with E-state index in [-0.39, 0.29) is 0 Å². The van der Waals surface area contributed by atoms with Gasteiger partial charge >= 0.3 is 0 Å². The average Bonchev–Trinajstić information content (AvgIpc) is 2.84. The Hall–Kier alpha value is -1.58. The van der Waals surface area contributed by atoms with E-state index in [0.29, 0.717) is 21.5 Å². The maximum atomic E-state index is 6.11. The summed E-state index contributed by atoms with van der Waals surface area (Å²) in [5.74, 6) is 0.657. The summed E-state index contributed by atoms with van der Waals surface area (Å²) in [5, 5.41) is 1.99. The van der Waals surface area contributed by atoms with Crippen LogP contribution >= 0.6 is 23.2 Å². The predicted molar refractivity (Wildman–Crippen MR) is 76.6 cm³/mol. The van der Waals surface area contributed by atoms with Crippen LogP contribution in [0.5, 0.6) is 0 Å². The van der Waals surface area contributed by atoms with Crippen molar-refractivity contribution < 1.29 is 4.42 Å². The Kier molecular flexibility index (Phi) is 3.17. The Morgan fingerprint density at radius 1 is 1.21 bits per heavy atom. The molecule has 1 aromatic carbocycles. The number of fused-ring (bicyclic) bond motifs is 1. The molecule has 3 aromatic rings. The van der Waals surface area contributed by atoms with Gasteiger partial charge < -0.3 is 4.42 Å². The van der Waals surface area contributed by atoms with E-state index in [9.17, 15) is 0 Å². The van der Waals surface area contributed by atoms with Crippen LogP contribution in [0.15, 0.2) is 35.0 Å². The number of hydrogen-bond donors (Lipinski definition) is 0. The predicted octanol–water partition coefficient (Wildman–Crippen LogP) is 4.76. The fourth-order valence-electron chi connectivity index (χ4n) is 2.06. The third kappa shape index (κ3) is 2.09. The molecule has 3 rings (SSSR count). The van der Waals surface area contributed by atoms with Gasteiger partial charge in [-0.1, -0.05) is 42.3 Å². The molecule has 0 fully saturated rings. The van der Waals surface area contributed by atoms with Gasteiger partial charge in [-0.15, -0.1) is 0 Å². The second-order valence-electron chi connectivity index (χ2n) is 4.11. The molecule has 0 aliphatic rings. The number of para-hydroxylation sites is 1. The van der Waals surface area contributed by atoms with E-state index in [0.717, 1.165) is 23.1 Å². The molecule has 0 aliphatic carbocycles. The lowest BCUT2D eigenvalue weighted by molar-refractivity contribution is 0.627. The van der Waals surface area contributed by atoms with Gasteiger partial charge in [0.25, 0.3) is 0 Å². The van der Waals surface area contributed by atoms with Crippen LogP contribution in [0.3, 0.4) is 0 Å². The zero-order valence-electron chi connectivity index (χ0n) is 10.2. The quantitative estimate of drug-likeness (QED) is 0.639. The van der Waals surface area contributed by atoms with Gasteiger partial charge in [0.05, 0.1) is 5.02 Å². The Balaban J connectivity index is 2.25. The van der Waals surface area contributed by atoms with Crippen LogP contribution in [0.25, 0.3) is 22.4 Å². The molecule has 0 amide bonds. The van der Waals surface area contributed by atoms with Crippen LogP contribution in [0, 0.1) is 0 Å². The second kappa shape index (κ2) is 4.83. The summed E-state index contributed by atoms with van der Waals surface area (Å²) >= 11 is 12.2. The number of aromatic nitrogens is 2. The highest BCUT2D eigenvalue weighted by Gasteiger charge is 2.15. The molecular weight excluding hydrogens is 283 g/mol. The molecular formula is C14H10Cl2N2O. The molecule has 0 unspecified atom stereocenters. The first-order valence-electron chi connectivity index (χ1n) is 5.88. The van der Waals surface area contributed by atoms with E-state index in [1.54, 1.807) is 6.07 Å². The van der Waals surface area contributed by atoms with Crippen LogP contribution in [0.2, 0.25) is 10.2 Å². The van der Waals surface area contributed by atoms with Crippen LogP contribution in [0.1, 0.15) is 12.5 Å². The minimum absolute atomic E-state index is 0.457. The Morgan fingerprint density at radius 3 is 2.79 bits per heavy atom. The lowest BCUT2D eigenvalue weighted by atomic mass is 10.1. The van der Waals surface area contributed by atoms with Crippen LogP contribution in [-0.4, -0.2) is 9.97 Å². The molecule has 0 spiro atoms. The SMILES string of the molecule is CCc1c(Cl)ncnc1-c1cc2cccc(Cl)c2o1. The molecule has 3 nitrogen and oxygen atoms in total. The minimum Gasteiger partial charge on any atom is -0.453 e. The molecule has 0 radical (unpaired) electrons. The molecule has 0 atom stereocenters. The van der Waals surface area contributed by atoms with E-state index in [1.807, 2.05) is 25.1 Å². The molecule has 2 heterocycles. The van der Waals surface area contributed by atoms with Gasteiger partial charge in [0.2, 0.25) is 0 Å². The summed E-state index contributed by atoms with van der Waals surface area (Å²) in [6.45, 7) is 2.00. The molecule has 19 heavy (non-hydrogen) atoms. The lowest BCUT2D eigenvalue weighted by Gasteiger charge is -2.04. The summed E-state index contributed by atoms with van der Waals surface area (Å²) < 4.78 is 5.80. The van der Waals surface area contributed by atoms with Crippen molar-refractivity contribution in [2.45, 2.75) is 13.3 Å². The molecule has 0 bridgehead atoms. The van der Waals surface area contributed by atoms with Gasteiger partial charge in [0.1, 0.15) is 17.2 Å². The van der Waals surface area contributed by atoms with Gasteiger partial charge in [-0.05, 0) is 18.6 Å². The fraction of sp³-hybridized carbons (Fsp3) is 0.143. The van der Waals surface area contributed by atoms with E-state index < -0.39 is 0 Å². The lowest BCUT2D eigenvalue weighted by Crippen LogP contribution is -1.94. The number of halogens is 2. The Labute approximate surface area is 120 Å². The van der Waals surface area contributed by atoms with Crippen molar-refractivity contribution in [2.24, 2.45) is 0 Å². The molecule has 5 heteroatoms. The number of hydrogen-bond acceptors (Lipinski definition) is 3. The van der Waals surface area contributed by atoms with Crippen LogP contribution < -0.4 is 0 Å². The number of nitrogens with zero attached hydrogens (tertiary/aromatic N) is 2. The van der Waals surface area contributed by atoms with Crippen molar-refractivity contribution in [3.05, 3.63) is 46.3 Å². The summed E-state index contributed by atoms with van der Waals surface area (Å²) in [5.41, 5.74) is 2.25. The number of benzene rings is 1. The topological polar surface area (TPSA) is 38.9 Å². The Bertz CT molecular complexity index is 752. The van der Waals surface area contributed by atoms with E-state index in [4.69, 9.17) is 27.6 Å². The highest BCUT2D eigenvalue weighted by Crippen LogP contribution is 2.33. The minimum atomic E-state index is 0.457. The zero-order valence-corrected chi connectivity index (χ0v) is 11.7. The molecule has 2 aromatic heterocycles. The highest BCUT2D eigenvalue weighted by atomic mass is 35.5. The molecule has 96 valence electrons. The summed E-state index contributed by atoms with van der Waals surface area (Å²) in [6, 6.07) is 7.55. The fourth-order valence-corrected chi connectivity index (χ4v) is 2.55. The molecule has 0 saturated carbocycles. The van der Waals surface area contributed by atoms with Crippen LogP contribution in [-0.2, 0) is 6.42 Å². The first kappa shape index (κ1) is 12.5. The first-order chi connectivity index (χ1) is 9.20.